The molecule has 1 aromatic carbocycles. The van der Waals surface area contributed by atoms with Crippen LogP contribution in [0.5, 0.6) is 0 Å². The molecule has 0 radical (unpaired) electrons. The fourth-order valence-corrected chi connectivity index (χ4v) is 2.42. The predicted octanol–water partition coefficient (Wildman–Crippen LogP) is 3.31. The average molecular weight is 279 g/mol. The molecular formula is C14H19ClN4. The Kier molecular flexibility index (Phi) is 4.00. The lowest BCUT2D eigenvalue weighted by Gasteiger charge is -2.18. The molecule has 1 N–H and O–H groups in total. The molecule has 5 heteroatoms. The van der Waals surface area contributed by atoms with Crippen molar-refractivity contribution in [3.05, 3.63) is 41.4 Å². The van der Waals surface area contributed by atoms with Crippen molar-refractivity contribution in [3.63, 3.8) is 0 Å². The smallest absolute Gasteiger partial charge is 0.130 e. The van der Waals surface area contributed by atoms with E-state index >= 15 is 0 Å². The SMILES string of the molecule is CC(Nc1ccc(N(C)C)c(Cl)c1)c1nccn1C. The van der Waals surface area contributed by atoms with E-state index in [4.69, 9.17) is 11.6 Å². The summed E-state index contributed by atoms with van der Waals surface area (Å²) in [4.78, 5) is 6.33. The van der Waals surface area contributed by atoms with E-state index in [1.807, 2.05) is 55.0 Å². The fourth-order valence-electron chi connectivity index (χ4n) is 2.07. The Labute approximate surface area is 119 Å². The number of nitrogens with one attached hydrogen (secondary N) is 1. The summed E-state index contributed by atoms with van der Waals surface area (Å²) in [6, 6.07) is 6.11. The lowest BCUT2D eigenvalue weighted by atomic mass is 10.2. The van der Waals surface area contributed by atoms with Gasteiger partial charge in [0.05, 0.1) is 16.8 Å². The van der Waals surface area contributed by atoms with Crippen LogP contribution in [0.3, 0.4) is 0 Å². The number of hydrogen-bond acceptors (Lipinski definition) is 3. The molecule has 0 aliphatic carbocycles. The second-order valence-corrected chi connectivity index (χ2v) is 5.23. The van der Waals surface area contributed by atoms with Gasteiger partial charge in [0.2, 0.25) is 0 Å². The molecule has 0 aliphatic heterocycles. The first kappa shape index (κ1) is 13.7. The number of imidazole rings is 1. The van der Waals surface area contributed by atoms with Gasteiger partial charge in [-0.15, -0.1) is 0 Å². The molecule has 1 heterocycles. The number of nitrogens with zero attached hydrogens (tertiary/aromatic N) is 3. The zero-order valence-electron chi connectivity index (χ0n) is 11.7. The van der Waals surface area contributed by atoms with Gasteiger partial charge in [-0.25, -0.2) is 4.98 Å². The van der Waals surface area contributed by atoms with Crippen LogP contribution >= 0.6 is 11.6 Å². The van der Waals surface area contributed by atoms with Crippen molar-refractivity contribution in [2.45, 2.75) is 13.0 Å². The minimum atomic E-state index is 0.126. The average Bonchev–Trinajstić information content (AvgIpc) is 2.75. The highest BCUT2D eigenvalue weighted by Gasteiger charge is 2.11. The number of aryl methyl sites for hydroxylation is 1. The van der Waals surface area contributed by atoms with Gasteiger partial charge in [0.25, 0.3) is 0 Å². The van der Waals surface area contributed by atoms with Crippen molar-refractivity contribution < 1.29 is 0 Å². The van der Waals surface area contributed by atoms with Crippen molar-refractivity contribution in [2.24, 2.45) is 7.05 Å². The summed E-state index contributed by atoms with van der Waals surface area (Å²) in [6.45, 7) is 2.08. The van der Waals surface area contributed by atoms with E-state index in [1.54, 1.807) is 6.20 Å². The molecule has 1 atom stereocenters. The standard InChI is InChI=1S/C14H19ClN4/c1-10(14-16-7-8-19(14)4)17-11-5-6-13(18(2)3)12(15)9-11/h5-10,17H,1-4H3. The summed E-state index contributed by atoms with van der Waals surface area (Å²) in [5, 5.41) is 4.14. The highest BCUT2D eigenvalue weighted by Crippen LogP contribution is 2.28. The van der Waals surface area contributed by atoms with Gasteiger partial charge in [-0.1, -0.05) is 11.6 Å². The third-order valence-corrected chi connectivity index (χ3v) is 3.36. The molecule has 1 aromatic heterocycles. The quantitative estimate of drug-likeness (QED) is 0.931. The van der Waals surface area contributed by atoms with Gasteiger partial charge in [-0.05, 0) is 25.1 Å². The third-order valence-electron chi connectivity index (χ3n) is 3.06. The minimum Gasteiger partial charge on any atom is -0.376 e. The normalized spacial score (nSPS) is 12.3. The predicted molar refractivity (Wildman–Crippen MR) is 81.0 cm³/mol. The lowest BCUT2D eigenvalue weighted by molar-refractivity contribution is 0.722. The first-order valence-electron chi connectivity index (χ1n) is 6.19. The molecule has 2 rings (SSSR count). The van der Waals surface area contributed by atoms with E-state index in [9.17, 15) is 0 Å². The Hall–Kier alpha value is -1.68. The number of halogens is 1. The van der Waals surface area contributed by atoms with Crippen LogP contribution in [0.2, 0.25) is 5.02 Å². The molecule has 102 valence electrons. The Bertz CT molecular complexity index is 562. The molecular weight excluding hydrogens is 260 g/mol. The molecule has 0 amide bonds. The molecule has 19 heavy (non-hydrogen) atoms. The van der Waals surface area contributed by atoms with Crippen molar-refractivity contribution in [1.82, 2.24) is 9.55 Å². The van der Waals surface area contributed by atoms with E-state index in [1.165, 1.54) is 0 Å². The Morgan fingerprint density at radius 2 is 2.11 bits per heavy atom. The van der Waals surface area contributed by atoms with Crippen LogP contribution in [-0.4, -0.2) is 23.6 Å². The van der Waals surface area contributed by atoms with Crippen LogP contribution in [0.25, 0.3) is 0 Å². The van der Waals surface area contributed by atoms with Gasteiger partial charge in [-0.2, -0.15) is 0 Å². The molecule has 0 saturated heterocycles. The first-order valence-corrected chi connectivity index (χ1v) is 6.57. The second-order valence-electron chi connectivity index (χ2n) is 4.82. The maximum absolute atomic E-state index is 6.26. The van der Waals surface area contributed by atoms with E-state index < -0.39 is 0 Å². The van der Waals surface area contributed by atoms with Crippen molar-refractivity contribution in [1.29, 1.82) is 0 Å². The summed E-state index contributed by atoms with van der Waals surface area (Å²) in [5.41, 5.74) is 2.00. The molecule has 0 saturated carbocycles. The van der Waals surface area contributed by atoms with E-state index in [2.05, 4.69) is 17.2 Å². The van der Waals surface area contributed by atoms with Crippen LogP contribution < -0.4 is 10.2 Å². The number of aromatic nitrogens is 2. The zero-order valence-corrected chi connectivity index (χ0v) is 12.4. The van der Waals surface area contributed by atoms with E-state index in [0.29, 0.717) is 0 Å². The van der Waals surface area contributed by atoms with Gasteiger partial charge in [0.15, 0.2) is 0 Å². The monoisotopic (exact) mass is 278 g/mol. The largest absolute Gasteiger partial charge is 0.376 e. The highest BCUT2D eigenvalue weighted by atomic mass is 35.5. The van der Waals surface area contributed by atoms with E-state index in [-0.39, 0.29) is 6.04 Å². The summed E-state index contributed by atoms with van der Waals surface area (Å²) < 4.78 is 2.01. The number of benzene rings is 1. The summed E-state index contributed by atoms with van der Waals surface area (Å²) >= 11 is 6.26. The minimum absolute atomic E-state index is 0.126. The lowest BCUT2D eigenvalue weighted by Crippen LogP contribution is -2.12. The molecule has 2 aromatic rings. The molecule has 0 aliphatic rings. The van der Waals surface area contributed by atoms with Gasteiger partial charge in [-0.3, -0.25) is 0 Å². The van der Waals surface area contributed by atoms with Crippen molar-refractivity contribution in [2.75, 3.05) is 24.3 Å². The zero-order chi connectivity index (χ0) is 14.0. The van der Waals surface area contributed by atoms with Crippen LogP contribution in [-0.2, 0) is 7.05 Å². The molecule has 0 bridgehead atoms. The van der Waals surface area contributed by atoms with Gasteiger partial charge in [0.1, 0.15) is 5.82 Å². The van der Waals surface area contributed by atoms with Gasteiger partial charge in [0, 0.05) is 39.2 Å². The molecule has 1 unspecified atom stereocenters. The van der Waals surface area contributed by atoms with E-state index in [0.717, 1.165) is 22.2 Å². The first-order chi connectivity index (χ1) is 8.99. The topological polar surface area (TPSA) is 33.1 Å². The summed E-state index contributed by atoms with van der Waals surface area (Å²) in [7, 11) is 5.94. The highest BCUT2D eigenvalue weighted by molar-refractivity contribution is 6.33. The number of anilines is 2. The summed E-state index contributed by atoms with van der Waals surface area (Å²) in [6.07, 6.45) is 3.74. The van der Waals surface area contributed by atoms with Gasteiger partial charge < -0.3 is 14.8 Å². The Morgan fingerprint density at radius 3 is 2.63 bits per heavy atom. The van der Waals surface area contributed by atoms with Crippen LogP contribution in [0.1, 0.15) is 18.8 Å². The van der Waals surface area contributed by atoms with Crippen LogP contribution in [0.15, 0.2) is 30.6 Å². The van der Waals surface area contributed by atoms with Crippen molar-refractivity contribution in [3.8, 4) is 0 Å². The van der Waals surface area contributed by atoms with Gasteiger partial charge >= 0.3 is 0 Å². The van der Waals surface area contributed by atoms with Crippen molar-refractivity contribution >= 4 is 23.0 Å². The number of hydrogen-bond donors (Lipinski definition) is 1. The molecule has 0 fully saturated rings. The maximum atomic E-state index is 6.26. The Balaban J connectivity index is 2.16. The fraction of sp³-hybridized carbons (Fsp3) is 0.357. The third kappa shape index (κ3) is 3.01. The van der Waals surface area contributed by atoms with Crippen LogP contribution in [0, 0.1) is 0 Å². The molecule has 4 nitrogen and oxygen atoms in total. The van der Waals surface area contributed by atoms with Crippen LogP contribution in [0.4, 0.5) is 11.4 Å². The summed E-state index contributed by atoms with van der Waals surface area (Å²) in [5.74, 6) is 0.993. The number of rotatable bonds is 4. The molecule has 0 spiro atoms. The maximum Gasteiger partial charge on any atom is 0.130 e. The Morgan fingerprint density at radius 1 is 1.37 bits per heavy atom. The second kappa shape index (κ2) is 5.53.